The van der Waals surface area contributed by atoms with Gasteiger partial charge in [0.05, 0.1) is 7.85 Å². The van der Waals surface area contributed by atoms with Crippen LogP contribution in [0.25, 0.3) is 0 Å². The first-order chi connectivity index (χ1) is 8.58. The van der Waals surface area contributed by atoms with Gasteiger partial charge in [-0.25, -0.2) is 0 Å². The number of nitrogens with two attached hydrogens (primary N) is 1. The van der Waals surface area contributed by atoms with Crippen molar-refractivity contribution in [1.82, 2.24) is 5.32 Å². The molecule has 0 aromatic heterocycles. The average molecular weight is 254 g/mol. The van der Waals surface area contributed by atoms with Gasteiger partial charge < -0.3 is 20.9 Å². The maximum absolute atomic E-state index is 11.3. The summed E-state index contributed by atoms with van der Waals surface area (Å²) in [6.07, 6.45) is 4.41. The van der Waals surface area contributed by atoms with E-state index in [0.717, 1.165) is 38.9 Å². The van der Waals surface area contributed by atoms with Gasteiger partial charge in [-0.2, -0.15) is 0 Å². The van der Waals surface area contributed by atoms with Crippen LogP contribution in [-0.2, 0) is 9.53 Å². The second-order valence-corrected chi connectivity index (χ2v) is 4.97. The number of hydrogen-bond acceptors (Lipinski definition) is 4. The molecule has 1 atom stereocenters. The van der Waals surface area contributed by atoms with Crippen molar-refractivity contribution in [1.29, 1.82) is 0 Å². The number of carboxylic acids is 1. The number of rotatable bonds is 8. The molecule has 0 amide bonds. The maximum atomic E-state index is 11.3. The number of nitrogens with one attached hydrogen (secondary N) is 1. The van der Waals surface area contributed by atoms with Gasteiger partial charge in [-0.05, 0) is 19.3 Å². The minimum atomic E-state index is -1.19. The molecular weight excluding hydrogens is 231 g/mol. The fourth-order valence-corrected chi connectivity index (χ4v) is 2.08. The van der Waals surface area contributed by atoms with Gasteiger partial charge in [0.2, 0.25) is 0 Å². The van der Waals surface area contributed by atoms with Crippen LogP contribution in [0.5, 0.6) is 0 Å². The molecule has 5 nitrogen and oxygen atoms in total. The number of carbonyl (C=O) groups is 1. The third-order valence-corrected chi connectivity index (χ3v) is 3.43. The molecule has 6 heteroatoms. The summed E-state index contributed by atoms with van der Waals surface area (Å²) in [4.78, 5) is 11.3. The summed E-state index contributed by atoms with van der Waals surface area (Å²) in [7, 11) is 5.41. The zero-order chi connectivity index (χ0) is 13.4. The van der Waals surface area contributed by atoms with E-state index in [1.165, 1.54) is 0 Å². The van der Waals surface area contributed by atoms with Crippen LogP contribution < -0.4 is 11.1 Å². The Morgan fingerprint density at radius 1 is 1.44 bits per heavy atom. The van der Waals surface area contributed by atoms with Crippen molar-refractivity contribution in [3.8, 4) is 0 Å². The number of hydrogen-bond donors (Lipinski definition) is 3. The number of carboxylic acid groups (broad SMARTS) is 1. The van der Waals surface area contributed by atoms with Gasteiger partial charge in [0, 0.05) is 25.8 Å². The smallest absolute Gasteiger partial charge is 0.325 e. The van der Waals surface area contributed by atoms with Crippen molar-refractivity contribution < 1.29 is 14.6 Å². The van der Waals surface area contributed by atoms with Crippen molar-refractivity contribution in [2.24, 2.45) is 5.73 Å². The van der Waals surface area contributed by atoms with Crippen LogP contribution in [0, 0.1) is 0 Å². The summed E-state index contributed by atoms with van der Waals surface area (Å²) >= 11 is 0. The average Bonchev–Trinajstić information content (AvgIpc) is 2.38. The first-order valence-electron chi connectivity index (χ1n) is 6.62. The monoisotopic (exact) mass is 254 g/mol. The minimum Gasteiger partial charge on any atom is -0.480 e. The molecule has 4 N–H and O–H groups in total. The molecule has 0 bridgehead atoms. The SMILES string of the molecule is [B]CCCCC(N)(CNC1CCOCC1)C(=O)O. The third kappa shape index (κ3) is 4.96. The normalized spacial score (nSPS) is 20.5. The molecule has 1 aliphatic heterocycles. The molecule has 0 aromatic rings. The van der Waals surface area contributed by atoms with Gasteiger partial charge in [0.15, 0.2) is 0 Å². The first kappa shape index (κ1) is 15.5. The molecule has 1 saturated heterocycles. The quantitative estimate of drug-likeness (QED) is 0.428. The first-order valence-corrected chi connectivity index (χ1v) is 6.62. The Morgan fingerprint density at radius 3 is 2.67 bits per heavy atom. The number of ether oxygens (including phenoxy) is 1. The zero-order valence-electron chi connectivity index (χ0n) is 10.9. The highest BCUT2D eigenvalue weighted by atomic mass is 16.5. The Bertz CT molecular complexity index is 260. The Morgan fingerprint density at radius 2 is 2.11 bits per heavy atom. The highest BCUT2D eigenvalue weighted by molar-refractivity contribution is 6.08. The van der Waals surface area contributed by atoms with Gasteiger partial charge in [-0.1, -0.05) is 19.2 Å². The molecule has 1 rings (SSSR count). The molecule has 1 aliphatic rings. The van der Waals surface area contributed by atoms with Crippen LogP contribution in [0.15, 0.2) is 0 Å². The molecule has 1 heterocycles. The Kier molecular flexibility index (Phi) is 6.67. The van der Waals surface area contributed by atoms with Gasteiger partial charge in [0.1, 0.15) is 5.54 Å². The van der Waals surface area contributed by atoms with E-state index < -0.39 is 11.5 Å². The Labute approximate surface area is 110 Å². The summed E-state index contributed by atoms with van der Waals surface area (Å²) in [6.45, 7) is 1.77. The van der Waals surface area contributed by atoms with Crippen LogP contribution in [0.2, 0.25) is 6.32 Å². The van der Waals surface area contributed by atoms with Crippen LogP contribution in [-0.4, -0.2) is 50.3 Å². The summed E-state index contributed by atoms with van der Waals surface area (Å²) in [5.41, 5.74) is 4.78. The van der Waals surface area contributed by atoms with Gasteiger partial charge >= 0.3 is 5.97 Å². The van der Waals surface area contributed by atoms with Crippen molar-refractivity contribution >= 4 is 13.8 Å². The lowest BCUT2D eigenvalue weighted by Crippen LogP contribution is -2.57. The zero-order valence-corrected chi connectivity index (χ0v) is 10.9. The van der Waals surface area contributed by atoms with Crippen LogP contribution >= 0.6 is 0 Å². The Balaban J connectivity index is 2.37. The molecule has 1 fully saturated rings. The van der Waals surface area contributed by atoms with Crippen molar-refractivity contribution in [2.45, 2.75) is 50.0 Å². The minimum absolute atomic E-state index is 0.303. The van der Waals surface area contributed by atoms with E-state index in [0.29, 0.717) is 25.3 Å². The predicted octanol–water partition coefficient (Wildman–Crippen LogP) is 0.294. The maximum Gasteiger partial charge on any atom is 0.325 e. The largest absolute Gasteiger partial charge is 0.480 e. The summed E-state index contributed by atoms with van der Waals surface area (Å²) in [5, 5.41) is 12.5. The number of unbranched alkanes of at least 4 members (excludes halogenated alkanes) is 1. The molecule has 0 spiro atoms. The van der Waals surface area contributed by atoms with Gasteiger partial charge in [-0.3, -0.25) is 4.79 Å². The summed E-state index contributed by atoms with van der Waals surface area (Å²) in [5.74, 6) is -0.945. The Hall–Kier alpha value is -0.585. The second kappa shape index (κ2) is 7.76. The lowest BCUT2D eigenvalue weighted by molar-refractivity contribution is -0.143. The molecule has 0 aliphatic carbocycles. The molecule has 0 saturated carbocycles. The van der Waals surface area contributed by atoms with Crippen molar-refractivity contribution in [3.63, 3.8) is 0 Å². The van der Waals surface area contributed by atoms with E-state index in [4.69, 9.17) is 18.3 Å². The van der Waals surface area contributed by atoms with E-state index >= 15 is 0 Å². The summed E-state index contributed by atoms with van der Waals surface area (Å²) in [6, 6.07) is 0.315. The van der Waals surface area contributed by atoms with Gasteiger partial charge in [-0.15, -0.1) is 0 Å². The standard InChI is InChI=1S/C12H23BN2O3/c13-6-2-1-5-12(14,11(16)17)9-15-10-3-7-18-8-4-10/h10,15H,1-9,14H2,(H,16,17). The lowest BCUT2D eigenvalue weighted by Gasteiger charge is -2.30. The summed E-state index contributed by atoms with van der Waals surface area (Å²) < 4.78 is 5.26. The van der Waals surface area contributed by atoms with E-state index in [2.05, 4.69) is 5.32 Å². The lowest BCUT2D eigenvalue weighted by atomic mass is 9.90. The molecule has 2 radical (unpaired) electrons. The predicted molar refractivity (Wildman–Crippen MR) is 70.8 cm³/mol. The fraction of sp³-hybridized carbons (Fsp3) is 0.917. The van der Waals surface area contributed by atoms with Crippen LogP contribution in [0.4, 0.5) is 0 Å². The van der Waals surface area contributed by atoms with E-state index in [-0.39, 0.29) is 0 Å². The molecular formula is C12H23BN2O3. The molecule has 18 heavy (non-hydrogen) atoms. The van der Waals surface area contributed by atoms with Crippen LogP contribution in [0.3, 0.4) is 0 Å². The third-order valence-electron chi connectivity index (χ3n) is 3.43. The van der Waals surface area contributed by atoms with Crippen molar-refractivity contribution in [2.75, 3.05) is 19.8 Å². The molecule has 102 valence electrons. The number of aliphatic carboxylic acids is 1. The highest BCUT2D eigenvalue weighted by Gasteiger charge is 2.33. The second-order valence-electron chi connectivity index (χ2n) is 4.97. The van der Waals surface area contributed by atoms with Crippen molar-refractivity contribution in [3.05, 3.63) is 0 Å². The van der Waals surface area contributed by atoms with E-state index in [1.807, 2.05) is 0 Å². The fourth-order valence-electron chi connectivity index (χ4n) is 2.08. The van der Waals surface area contributed by atoms with E-state index in [1.54, 1.807) is 0 Å². The van der Waals surface area contributed by atoms with Gasteiger partial charge in [0.25, 0.3) is 0 Å². The van der Waals surface area contributed by atoms with E-state index in [9.17, 15) is 9.90 Å². The molecule has 0 aromatic carbocycles. The topological polar surface area (TPSA) is 84.6 Å². The highest BCUT2D eigenvalue weighted by Crippen LogP contribution is 2.14. The van der Waals surface area contributed by atoms with Crippen LogP contribution in [0.1, 0.15) is 32.1 Å². The molecule has 1 unspecified atom stereocenters.